The number of carbonyl (C=O) groups excluding carboxylic acids is 1. The molecule has 30 heavy (non-hydrogen) atoms. The van der Waals surface area contributed by atoms with Crippen LogP contribution < -0.4 is 10.5 Å². The van der Waals surface area contributed by atoms with Crippen LogP contribution in [0.25, 0.3) is 0 Å². The van der Waals surface area contributed by atoms with E-state index in [0.29, 0.717) is 34.2 Å². The molecule has 0 saturated heterocycles. The second kappa shape index (κ2) is 7.88. The van der Waals surface area contributed by atoms with Crippen LogP contribution in [0.4, 0.5) is 0 Å². The highest BCUT2D eigenvalue weighted by atomic mass is 79.9. The van der Waals surface area contributed by atoms with Gasteiger partial charge in [0, 0.05) is 18.4 Å². The summed E-state index contributed by atoms with van der Waals surface area (Å²) in [5, 5.41) is 19.9. The van der Waals surface area contributed by atoms with Gasteiger partial charge in [0.05, 0.1) is 17.5 Å². The van der Waals surface area contributed by atoms with Crippen LogP contribution in [0.1, 0.15) is 35.8 Å². The van der Waals surface area contributed by atoms with Gasteiger partial charge in [0.25, 0.3) is 0 Å². The fourth-order valence-corrected chi connectivity index (χ4v) is 4.58. The third-order valence-corrected chi connectivity index (χ3v) is 6.14. The molecular weight excluding hydrogens is 448 g/mol. The summed E-state index contributed by atoms with van der Waals surface area (Å²) < 4.78 is 11.4. The maximum Gasteiger partial charge on any atom is 0.205 e. The van der Waals surface area contributed by atoms with Crippen molar-refractivity contribution in [1.29, 1.82) is 5.26 Å². The van der Waals surface area contributed by atoms with Crippen molar-refractivity contribution in [3.05, 3.63) is 80.9 Å². The Morgan fingerprint density at radius 2 is 1.97 bits per heavy atom. The van der Waals surface area contributed by atoms with E-state index in [4.69, 9.17) is 15.2 Å². The molecule has 1 aliphatic carbocycles. The number of benzene rings is 2. The van der Waals surface area contributed by atoms with E-state index < -0.39 is 5.92 Å². The third kappa shape index (κ3) is 3.33. The van der Waals surface area contributed by atoms with Crippen LogP contribution in [0.3, 0.4) is 0 Å². The van der Waals surface area contributed by atoms with Crippen molar-refractivity contribution in [1.82, 2.24) is 0 Å². The van der Waals surface area contributed by atoms with Gasteiger partial charge in [0.15, 0.2) is 17.3 Å². The molecule has 2 aromatic rings. The molecule has 1 heterocycles. The minimum Gasteiger partial charge on any atom is -0.503 e. The minimum absolute atomic E-state index is 0.00840. The molecule has 0 spiro atoms. The summed E-state index contributed by atoms with van der Waals surface area (Å²) in [7, 11) is 1.44. The van der Waals surface area contributed by atoms with Gasteiger partial charge < -0.3 is 20.3 Å². The zero-order chi connectivity index (χ0) is 21.4. The van der Waals surface area contributed by atoms with E-state index in [1.165, 1.54) is 7.11 Å². The molecule has 2 aromatic carbocycles. The molecule has 4 rings (SSSR count). The van der Waals surface area contributed by atoms with Gasteiger partial charge in [-0.05, 0) is 45.1 Å². The normalized spacial score (nSPS) is 21.0. The van der Waals surface area contributed by atoms with Gasteiger partial charge in [0.1, 0.15) is 17.4 Å². The highest BCUT2D eigenvalue weighted by Gasteiger charge is 2.41. The van der Waals surface area contributed by atoms with Gasteiger partial charge >= 0.3 is 0 Å². The van der Waals surface area contributed by atoms with E-state index in [1.807, 2.05) is 30.3 Å². The molecule has 0 saturated carbocycles. The summed E-state index contributed by atoms with van der Waals surface area (Å²) in [6.45, 7) is 0. The lowest BCUT2D eigenvalue weighted by Crippen LogP contribution is -2.29. The van der Waals surface area contributed by atoms with Crippen molar-refractivity contribution < 1.29 is 19.4 Å². The number of halogens is 1. The van der Waals surface area contributed by atoms with E-state index in [2.05, 4.69) is 22.0 Å². The standard InChI is InChI=1S/C23H19BrN2O4/c1-29-19-10-14(7-16(24)22(19)28)20-15(11-25)23(26)30-18-9-13(8-17(27)21(18)20)12-5-3-2-4-6-12/h2-7,10,13,20,28H,8-9,26H2,1H3/t13-,20-/m0/s1. The first-order chi connectivity index (χ1) is 14.4. The zero-order valence-electron chi connectivity index (χ0n) is 16.2. The number of phenolic OH excluding ortho intramolecular Hbond substituents is 1. The van der Waals surface area contributed by atoms with Crippen molar-refractivity contribution in [2.75, 3.05) is 7.11 Å². The molecule has 2 atom stereocenters. The number of ether oxygens (including phenoxy) is 2. The second-order valence-corrected chi connectivity index (χ2v) is 8.11. The first kappa shape index (κ1) is 20.0. The maximum absolute atomic E-state index is 13.3. The average molecular weight is 467 g/mol. The number of carbonyl (C=O) groups is 1. The molecule has 0 unspecified atom stereocenters. The first-order valence-corrected chi connectivity index (χ1v) is 10.2. The molecule has 0 fully saturated rings. The zero-order valence-corrected chi connectivity index (χ0v) is 17.8. The number of phenols is 1. The monoisotopic (exact) mass is 466 g/mol. The molecule has 6 nitrogen and oxygen atoms in total. The Balaban J connectivity index is 1.84. The number of aromatic hydroxyl groups is 1. The Labute approximate surface area is 182 Å². The van der Waals surface area contributed by atoms with E-state index in [1.54, 1.807) is 12.1 Å². The lowest BCUT2D eigenvalue weighted by atomic mass is 9.73. The Hall–Kier alpha value is -3.24. The number of hydrogen-bond acceptors (Lipinski definition) is 6. The van der Waals surface area contributed by atoms with Crippen LogP contribution in [-0.4, -0.2) is 18.0 Å². The molecule has 0 aromatic heterocycles. The van der Waals surface area contributed by atoms with Crippen molar-refractivity contribution in [2.45, 2.75) is 24.7 Å². The predicted octanol–water partition coefficient (Wildman–Crippen LogP) is 4.37. The maximum atomic E-state index is 13.3. The fraction of sp³-hybridized carbons (Fsp3) is 0.217. The number of Topliss-reactive ketones (excluding diaryl/α,β-unsaturated/α-hetero) is 1. The van der Waals surface area contributed by atoms with Gasteiger partial charge in [-0.25, -0.2) is 0 Å². The van der Waals surface area contributed by atoms with Crippen LogP contribution in [0.2, 0.25) is 0 Å². The fourth-order valence-electron chi connectivity index (χ4n) is 4.12. The summed E-state index contributed by atoms with van der Waals surface area (Å²) in [6, 6.07) is 15.2. The first-order valence-electron chi connectivity index (χ1n) is 9.39. The average Bonchev–Trinajstić information content (AvgIpc) is 2.75. The molecule has 2 aliphatic rings. The predicted molar refractivity (Wildman–Crippen MR) is 113 cm³/mol. The molecule has 152 valence electrons. The SMILES string of the molecule is COc1cc([C@H]2C(C#N)=C(N)OC3=C2C(=O)C[C@H](c2ccccc2)C3)cc(Br)c1O. The van der Waals surface area contributed by atoms with Crippen LogP contribution in [-0.2, 0) is 9.53 Å². The van der Waals surface area contributed by atoms with Crippen LogP contribution >= 0.6 is 15.9 Å². The molecule has 0 bridgehead atoms. The van der Waals surface area contributed by atoms with Crippen molar-refractivity contribution in [3.8, 4) is 17.6 Å². The van der Waals surface area contributed by atoms with Crippen molar-refractivity contribution >= 4 is 21.7 Å². The molecule has 3 N–H and O–H groups in total. The molecule has 0 amide bonds. The van der Waals surface area contributed by atoms with Crippen LogP contribution in [0.15, 0.2) is 69.7 Å². The highest BCUT2D eigenvalue weighted by Crippen LogP contribution is 2.48. The smallest absolute Gasteiger partial charge is 0.205 e. The van der Waals surface area contributed by atoms with Crippen molar-refractivity contribution in [2.24, 2.45) is 5.73 Å². The van der Waals surface area contributed by atoms with Gasteiger partial charge in [-0.1, -0.05) is 30.3 Å². The minimum atomic E-state index is -0.686. The molecule has 0 radical (unpaired) electrons. The van der Waals surface area contributed by atoms with Crippen LogP contribution in [0.5, 0.6) is 11.5 Å². The van der Waals surface area contributed by atoms with E-state index >= 15 is 0 Å². The van der Waals surface area contributed by atoms with E-state index in [9.17, 15) is 15.2 Å². The number of nitrogens with zero attached hydrogens (tertiary/aromatic N) is 1. The van der Waals surface area contributed by atoms with Gasteiger partial charge in [-0.3, -0.25) is 4.79 Å². The number of allylic oxidation sites excluding steroid dienone is 3. The number of ketones is 1. The molecular formula is C23H19BrN2O4. The summed E-state index contributed by atoms with van der Waals surface area (Å²) in [6.07, 6.45) is 0.828. The number of rotatable bonds is 3. The van der Waals surface area contributed by atoms with Gasteiger partial charge in [-0.15, -0.1) is 0 Å². The number of nitriles is 1. The highest BCUT2D eigenvalue weighted by molar-refractivity contribution is 9.10. The summed E-state index contributed by atoms with van der Waals surface area (Å²) in [5.74, 6) is -0.134. The van der Waals surface area contributed by atoms with Crippen molar-refractivity contribution in [3.63, 3.8) is 0 Å². The lowest BCUT2D eigenvalue weighted by molar-refractivity contribution is -0.117. The van der Waals surface area contributed by atoms with E-state index in [-0.39, 0.29) is 34.7 Å². The Morgan fingerprint density at radius 1 is 1.23 bits per heavy atom. The van der Waals surface area contributed by atoms with Gasteiger partial charge in [0.2, 0.25) is 5.88 Å². The Kier molecular flexibility index (Phi) is 5.27. The summed E-state index contributed by atoms with van der Waals surface area (Å²) >= 11 is 3.31. The number of hydrogen-bond donors (Lipinski definition) is 2. The molecule has 1 aliphatic heterocycles. The lowest BCUT2D eigenvalue weighted by Gasteiger charge is -2.34. The molecule has 7 heteroatoms. The van der Waals surface area contributed by atoms with Gasteiger partial charge in [-0.2, -0.15) is 5.26 Å². The number of methoxy groups -OCH3 is 1. The topological polar surface area (TPSA) is 106 Å². The van der Waals surface area contributed by atoms with Crippen LogP contribution in [0, 0.1) is 11.3 Å². The third-order valence-electron chi connectivity index (χ3n) is 5.54. The second-order valence-electron chi connectivity index (χ2n) is 7.25. The summed E-state index contributed by atoms with van der Waals surface area (Å²) in [5.41, 5.74) is 8.36. The Bertz CT molecular complexity index is 1130. The van der Waals surface area contributed by atoms with E-state index in [0.717, 1.165) is 5.56 Å². The summed E-state index contributed by atoms with van der Waals surface area (Å²) in [4.78, 5) is 13.3. The number of nitrogens with two attached hydrogens (primary N) is 1. The Morgan fingerprint density at radius 3 is 2.63 bits per heavy atom. The largest absolute Gasteiger partial charge is 0.503 e. The quantitative estimate of drug-likeness (QED) is 0.695.